The second kappa shape index (κ2) is 16.2. The van der Waals surface area contributed by atoms with Crippen molar-refractivity contribution in [3.05, 3.63) is 166 Å². The summed E-state index contributed by atoms with van der Waals surface area (Å²) < 4.78 is 76.4. The van der Waals surface area contributed by atoms with Crippen molar-refractivity contribution in [2.24, 2.45) is 0 Å². The van der Waals surface area contributed by atoms with Crippen LogP contribution in [0.4, 0.5) is 34.1 Å². The number of benzene rings is 6. The highest BCUT2D eigenvalue weighted by Crippen LogP contribution is 2.50. The molecule has 0 radical (unpaired) electrons. The summed E-state index contributed by atoms with van der Waals surface area (Å²) in [4.78, 5) is 3.42. The van der Waals surface area contributed by atoms with E-state index in [1.165, 1.54) is 0 Å². The largest absolute Gasteiger partial charge is 0.309 e. The van der Waals surface area contributed by atoms with Crippen LogP contribution in [0, 0.1) is 6.92 Å². The van der Waals surface area contributed by atoms with Crippen molar-refractivity contribution < 1.29 is 11.0 Å². The predicted octanol–water partition coefficient (Wildman–Crippen LogP) is 17.7. The lowest BCUT2D eigenvalue weighted by Gasteiger charge is -2.34. The number of hydrogen-bond donors (Lipinski definition) is 0. The van der Waals surface area contributed by atoms with Gasteiger partial charge in [0, 0.05) is 22.6 Å². The molecule has 6 aromatic carbocycles. The molecule has 0 heterocycles. The van der Waals surface area contributed by atoms with Gasteiger partial charge in [0.1, 0.15) is 0 Å². The van der Waals surface area contributed by atoms with E-state index < -0.39 is 10.8 Å². The van der Waals surface area contributed by atoms with Crippen LogP contribution < -0.4 is 9.80 Å². The summed E-state index contributed by atoms with van der Waals surface area (Å²) in [7, 11) is 0. The Labute approximate surface area is 379 Å². The van der Waals surface area contributed by atoms with Crippen molar-refractivity contribution in [2.75, 3.05) is 9.80 Å². The maximum absolute atomic E-state index is 9.79. The molecule has 60 heavy (non-hydrogen) atoms. The van der Waals surface area contributed by atoms with Crippen molar-refractivity contribution in [3.8, 4) is 11.1 Å². The lowest BCUT2D eigenvalue weighted by Crippen LogP contribution is -2.18. The molecule has 0 amide bonds. The first-order chi connectivity index (χ1) is 31.1. The van der Waals surface area contributed by atoms with Crippen LogP contribution in [-0.4, -0.2) is 0 Å². The fourth-order valence-corrected chi connectivity index (χ4v) is 7.37. The number of aryl methyl sites for hydroxylation is 1. The SMILES string of the molecule is [2H]c1c([2H])c(C(C)(C)C)c([2H])c([2H])c1N(c1ccc(C(C)(C)C)cc1)c1cc(C)cc(N(c2ccc(C(C)(C)C)cc2-c2ccc(C(C)(C)C)cc2)c2c([2H])c([2H])c(C(C)(C)C)c([2H])c2[2H])c1Cl. The highest BCUT2D eigenvalue weighted by molar-refractivity contribution is 6.36. The molecule has 0 bridgehead atoms. The van der Waals surface area contributed by atoms with Crippen LogP contribution in [-0.2, 0) is 27.1 Å². The first-order valence-corrected chi connectivity index (χ1v) is 21.4. The van der Waals surface area contributed by atoms with E-state index in [1.54, 1.807) is 9.80 Å². The Bertz CT molecular complexity index is 2850. The molecule has 0 aliphatic carbocycles. The van der Waals surface area contributed by atoms with E-state index in [0.717, 1.165) is 27.8 Å². The molecule has 0 aromatic heterocycles. The molecule has 6 aromatic rings. The minimum Gasteiger partial charge on any atom is -0.309 e. The van der Waals surface area contributed by atoms with Crippen LogP contribution in [0.2, 0.25) is 5.02 Å². The van der Waals surface area contributed by atoms with Gasteiger partial charge >= 0.3 is 0 Å². The molecule has 314 valence electrons. The Balaban J connectivity index is 1.82. The summed E-state index contributed by atoms with van der Waals surface area (Å²) in [5.41, 5.74) is 5.98. The van der Waals surface area contributed by atoms with E-state index in [4.69, 9.17) is 11.6 Å². The lowest BCUT2D eigenvalue weighted by atomic mass is 9.83. The molecule has 0 unspecified atom stereocenters. The van der Waals surface area contributed by atoms with Crippen LogP contribution in [0.25, 0.3) is 11.1 Å². The first-order valence-electron chi connectivity index (χ1n) is 25.1. The van der Waals surface area contributed by atoms with Crippen molar-refractivity contribution in [2.45, 2.75) is 138 Å². The molecule has 0 saturated carbocycles. The van der Waals surface area contributed by atoms with Gasteiger partial charge in [-0.25, -0.2) is 0 Å². The minimum atomic E-state index is -0.716. The van der Waals surface area contributed by atoms with Gasteiger partial charge in [0.2, 0.25) is 0 Å². The lowest BCUT2D eigenvalue weighted by molar-refractivity contribution is 0.590. The molecule has 0 aliphatic heterocycles. The maximum Gasteiger partial charge on any atom is 0.0887 e. The first kappa shape index (κ1) is 34.9. The van der Waals surface area contributed by atoms with Gasteiger partial charge in [-0.15, -0.1) is 0 Å². The number of nitrogens with zero attached hydrogens (tertiary/aromatic N) is 2. The van der Waals surface area contributed by atoms with E-state index in [-0.39, 0.29) is 81.0 Å². The van der Waals surface area contributed by atoms with E-state index >= 15 is 0 Å². The van der Waals surface area contributed by atoms with Gasteiger partial charge in [-0.05, 0) is 134 Å². The van der Waals surface area contributed by atoms with Crippen LogP contribution in [0.3, 0.4) is 0 Å². The average Bonchev–Trinajstić information content (AvgIpc) is 3.21. The van der Waals surface area contributed by atoms with Gasteiger partial charge in [-0.2, -0.15) is 0 Å². The van der Waals surface area contributed by atoms with Crippen LogP contribution in [0.5, 0.6) is 0 Å². The quantitative estimate of drug-likeness (QED) is 0.158. The summed E-state index contributed by atoms with van der Waals surface area (Å²) in [5.74, 6) is 0. The van der Waals surface area contributed by atoms with Gasteiger partial charge in [-0.3, -0.25) is 0 Å². The Hall–Kier alpha value is -4.79. The second-order valence-corrected chi connectivity index (χ2v) is 21.7. The van der Waals surface area contributed by atoms with E-state index in [1.807, 2.05) is 97.0 Å². The van der Waals surface area contributed by atoms with E-state index in [9.17, 15) is 11.0 Å². The average molecular weight is 826 g/mol. The maximum atomic E-state index is 9.79. The van der Waals surface area contributed by atoms with Gasteiger partial charge < -0.3 is 9.80 Å². The standard InChI is InChI=1S/C57H69ClN2/c1-38-35-50(59(45-28-21-41(22-29-45)54(5,6)7)46-30-23-42(24-31-46)55(8,9)10)52(58)51(36-38)60(47-32-25-43(26-33-47)56(11,12)13)49-34-27-44(57(14,15)16)37-48(49)39-17-19-40(20-18-39)53(2,3)4/h17-37H,1-16H3/i21D,22D,25D,26D,28D,29D,32D,33D. The zero-order chi connectivity index (χ0) is 51.1. The Morgan fingerprint density at radius 2 is 0.750 bits per heavy atom. The van der Waals surface area contributed by atoms with Crippen LogP contribution in [0.1, 0.15) is 148 Å². The summed E-state index contributed by atoms with van der Waals surface area (Å²) in [6.45, 7) is 32.4. The van der Waals surface area contributed by atoms with Gasteiger partial charge in [-0.1, -0.05) is 182 Å². The highest BCUT2D eigenvalue weighted by Gasteiger charge is 2.28. The molecule has 0 saturated heterocycles. The number of hydrogen-bond acceptors (Lipinski definition) is 2. The zero-order valence-electron chi connectivity index (χ0n) is 46.8. The third-order valence-corrected chi connectivity index (χ3v) is 11.4. The normalized spacial score (nSPS) is 14.6. The smallest absolute Gasteiger partial charge is 0.0887 e. The molecule has 3 heteroatoms. The molecule has 0 spiro atoms. The molecule has 0 aliphatic rings. The summed E-state index contributed by atoms with van der Waals surface area (Å²) in [5, 5.41) is 0.123. The van der Waals surface area contributed by atoms with E-state index in [2.05, 4.69) is 92.6 Å². The molecule has 0 N–H and O–H groups in total. The van der Waals surface area contributed by atoms with E-state index in [0.29, 0.717) is 39.4 Å². The molecular weight excluding hydrogens is 748 g/mol. The summed E-state index contributed by atoms with van der Waals surface area (Å²) in [6.07, 6.45) is 0. The number of anilines is 6. The van der Waals surface area contributed by atoms with Crippen molar-refractivity contribution in [1.82, 2.24) is 0 Å². The topological polar surface area (TPSA) is 6.48 Å². The minimum absolute atomic E-state index is 0.00220. The predicted molar refractivity (Wildman–Crippen MR) is 264 cm³/mol. The highest BCUT2D eigenvalue weighted by atomic mass is 35.5. The Morgan fingerprint density at radius 1 is 0.383 bits per heavy atom. The third-order valence-electron chi connectivity index (χ3n) is 11.0. The monoisotopic (exact) mass is 825 g/mol. The fraction of sp³-hybridized carbons (Fsp3) is 0.368. The Kier molecular flexibility index (Phi) is 9.44. The molecule has 6 rings (SSSR count). The number of halogens is 1. The van der Waals surface area contributed by atoms with Gasteiger partial charge in [0.05, 0.1) is 33.1 Å². The summed E-state index contributed by atoms with van der Waals surface area (Å²) in [6, 6.07) is 24.4. The number of rotatable bonds is 7. The molecule has 2 nitrogen and oxygen atoms in total. The molecule has 0 fully saturated rings. The zero-order valence-corrected chi connectivity index (χ0v) is 39.5. The molecule has 0 atom stereocenters. The third kappa shape index (κ3) is 9.71. The Morgan fingerprint density at radius 3 is 1.17 bits per heavy atom. The fourth-order valence-electron chi connectivity index (χ4n) is 7.09. The van der Waals surface area contributed by atoms with Crippen LogP contribution >= 0.6 is 11.6 Å². The van der Waals surface area contributed by atoms with Crippen molar-refractivity contribution >= 4 is 45.7 Å². The second-order valence-electron chi connectivity index (χ2n) is 21.3. The van der Waals surface area contributed by atoms with Crippen LogP contribution in [0.15, 0.2) is 127 Å². The van der Waals surface area contributed by atoms with Gasteiger partial charge in [0.15, 0.2) is 0 Å². The van der Waals surface area contributed by atoms with Crippen molar-refractivity contribution in [1.29, 1.82) is 0 Å². The summed E-state index contributed by atoms with van der Waals surface area (Å²) >= 11 is 7.91. The molecular formula is C57H69ClN2. The van der Waals surface area contributed by atoms with Gasteiger partial charge in [0.25, 0.3) is 0 Å². The van der Waals surface area contributed by atoms with Crippen molar-refractivity contribution in [3.63, 3.8) is 0 Å².